The van der Waals surface area contributed by atoms with Crippen LogP contribution in [0.3, 0.4) is 0 Å². The zero-order chi connectivity index (χ0) is 17.1. The maximum Gasteiger partial charge on any atom is 0.373 e. The van der Waals surface area contributed by atoms with Gasteiger partial charge in [0.1, 0.15) is 23.7 Å². The lowest BCUT2D eigenvalue weighted by atomic mass is 10.1. The summed E-state index contributed by atoms with van der Waals surface area (Å²) in [6.45, 7) is 2.12. The van der Waals surface area contributed by atoms with Crippen molar-refractivity contribution in [3.63, 3.8) is 0 Å². The van der Waals surface area contributed by atoms with Crippen LogP contribution in [0.1, 0.15) is 28.8 Å². The van der Waals surface area contributed by atoms with Crippen molar-refractivity contribution >= 4 is 16.9 Å². The van der Waals surface area contributed by atoms with Crippen LogP contribution in [0.15, 0.2) is 50.0 Å². The normalized spacial score (nSPS) is 10.8. The number of aryl methyl sites for hydroxylation is 1. The average Bonchev–Trinajstić information content (AvgIpc) is 3.07. The summed E-state index contributed by atoms with van der Waals surface area (Å²) in [5.74, 6) is 0.600. The van der Waals surface area contributed by atoms with E-state index in [2.05, 4.69) is 4.74 Å². The van der Waals surface area contributed by atoms with Gasteiger partial charge in [-0.05, 0) is 36.2 Å². The first kappa shape index (κ1) is 15.9. The molecule has 0 saturated heterocycles. The van der Waals surface area contributed by atoms with E-state index in [1.54, 1.807) is 18.2 Å². The van der Waals surface area contributed by atoms with Gasteiger partial charge in [-0.25, -0.2) is 9.59 Å². The van der Waals surface area contributed by atoms with Crippen LogP contribution >= 0.6 is 0 Å². The van der Waals surface area contributed by atoms with Crippen molar-refractivity contribution < 1.29 is 23.1 Å². The molecule has 3 rings (SSSR count). The van der Waals surface area contributed by atoms with Crippen LogP contribution in [0.4, 0.5) is 0 Å². The van der Waals surface area contributed by atoms with E-state index >= 15 is 0 Å². The minimum atomic E-state index is -0.541. The number of carbonyl (C=O) groups is 1. The fourth-order valence-corrected chi connectivity index (χ4v) is 2.41. The maximum atomic E-state index is 11.6. The molecule has 2 heterocycles. The highest BCUT2D eigenvalue weighted by molar-refractivity contribution is 5.86. The average molecular weight is 328 g/mol. The van der Waals surface area contributed by atoms with Crippen LogP contribution < -0.4 is 10.4 Å². The molecule has 0 aliphatic heterocycles. The van der Waals surface area contributed by atoms with E-state index in [1.807, 2.05) is 13.0 Å². The number of furan rings is 1. The fourth-order valence-electron chi connectivity index (χ4n) is 2.41. The lowest BCUT2D eigenvalue weighted by Gasteiger charge is -2.07. The van der Waals surface area contributed by atoms with E-state index < -0.39 is 5.97 Å². The number of esters is 1. The number of rotatable bonds is 5. The molecular formula is C18H16O6. The SMILES string of the molecule is CCc1cc(=O)oc2cc(OCc3ccc(C(=O)OC)o3)ccc12. The molecule has 0 N–H and O–H groups in total. The third-order valence-electron chi connectivity index (χ3n) is 3.61. The third kappa shape index (κ3) is 3.17. The van der Waals surface area contributed by atoms with Crippen LogP contribution in [0.2, 0.25) is 0 Å². The standard InChI is InChI=1S/C18H16O6/c1-3-11-8-17(19)24-16-9-12(4-6-14(11)16)22-10-13-5-7-15(23-13)18(20)21-2/h4-9H,3,10H2,1-2H3. The Balaban J connectivity index is 1.79. The Morgan fingerprint density at radius 3 is 2.71 bits per heavy atom. The summed E-state index contributed by atoms with van der Waals surface area (Å²) in [4.78, 5) is 22.9. The second kappa shape index (κ2) is 6.62. The zero-order valence-electron chi connectivity index (χ0n) is 13.3. The van der Waals surface area contributed by atoms with Gasteiger partial charge in [0.15, 0.2) is 0 Å². The van der Waals surface area contributed by atoms with Crippen LogP contribution in [0.25, 0.3) is 11.0 Å². The van der Waals surface area contributed by atoms with Gasteiger partial charge in [-0.1, -0.05) is 6.92 Å². The Morgan fingerprint density at radius 1 is 1.12 bits per heavy atom. The van der Waals surface area contributed by atoms with Crippen molar-refractivity contribution in [3.05, 3.63) is 63.9 Å². The molecule has 0 bridgehead atoms. The Labute approximate surface area is 137 Å². The summed E-state index contributed by atoms with van der Waals surface area (Å²) in [6, 6.07) is 9.99. The predicted molar refractivity (Wildman–Crippen MR) is 86.2 cm³/mol. The summed E-state index contributed by atoms with van der Waals surface area (Å²) < 4.78 is 20.8. The molecule has 0 saturated carbocycles. The second-order valence-electron chi connectivity index (χ2n) is 5.15. The number of carbonyl (C=O) groups excluding carboxylic acids is 1. The molecule has 0 spiro atoms. The van der Waals surface area contributed by atoms with Crippen molar-refractivity contribution in [2.24, 2.45) is 0 Å². The third-order valence-corrected chi connectivity index (χ3v) is 3.61. The molecule has 24 heavy (non-hydrogen) atoms. The van der Waals surface area contributed by atoms with Crippen LogP contribution in [0, 0.1) is 0 Å². The monoisotopic (exact) mass is 328 g/mol. The Morgan fingerprint density at radius 2 is 1.96 bits per heavy atom. The highest BCUT2D eigenvalue weighted by Crippen LogP contribution is 2.24. The van der Waals surface area contributed by atoms with Crippen molar-refractivity contribution in [1.29, 1.82) is 0 Å². The van der Waals surface area contributed by atoms with Gasteiger partial charge < -0.3 is 18.3 Å². The van der Waals surface area contributed by atoms with Gasteiger partial charge in [0, 0.05) is 17.5 Å². The highest BCUT2D eigenvalue weighted by Gasteiger charge is 2.12. The van der Waals surface area contributed by atoms with E-state index in [9.17, 15) is 9.59 Å². The van der Waals surface area contributed by atoms with Crippen molar-refractivity contribution in [2.45, 2.75) is 20.0 Å². The van der Waals surface area contributed by atoms with Crippen LogP contribution in [-0.2, 0) is 17.8 Å². The minimum Gasteiger partial charge on any atom is -0.486 e. The van der Waals surface area contributed by atoms with Gasteiger partial charge >= 0.3 is 11.6 Å². The molecule has 1 aromatic carbocycles. The van der Waals surface area contributed by atoms with Crippen molar-refractivity contribution in [2.75, 3.05) is 7.11 Å². The lowest BCUT2D eigenvalue weighted by molar-refractivity contribution is 0.0561. The molecule has 0 aliphatic rings. The van der Waals surface area contributed by atoms with Gasteiger partial charge in [-0.3, -0.25) is 0 Å². The summed E-state index contributed by atoms with van der Waals surface area (Å²) >= 11 is 0. The van der Waals surface area contributed by atoms with Gasteiger partial charge in [0.2, 0.25) is 5.76 Å². The first-order chi connectivity index (χ1) is 11.6. The zero-order valence-corrected chi connectivity index (χ0v) is 13.3. The van der Waals surface area contributed by atoms with Crippen LogP contribution in [0.5, 0.6) is 5.75 Å². The van der Waals surface area contributed by atoms with Gasteiger partial charge in [0.05, 0.1) is 7.11 Å². The number of hydrogen-bond acceptors (Lipinski definition) is 6. The lowest BCUT2D eigenvalue weighted by Crippen LogP contribution is -2.00. The van der Waals surface area contributed by atoms with Crippen molar-refractivity contribution in [3.8, 4) is 5.75 Å². The molecule has 6 heteroatoms. The van der Waals surface area contributed by atoms with Crippen LogP contribution in [-0.4, -0.2) is 13.1 Å². The number of fused-ring (bicyclic) bond motifs is 1. The Kier molecular flexibility index (Phi) is 4.37. The van der Waals surface area contributed by atoms with Gasteiger partial charge in [0.25, 0.3) is 0 Å². The van der Waals surface area contributed by atoms with E-state index in [0.29, 0.717) is 17.1 Å². The minimum absolute atomic E-state index is 0.119. The van der Waals surface area contributed by atoms with E-state index in [4.69, 9.17) is 13.6 Å². The topological polar surface area (TPSA) is 78.9 Å². The molecule has 0 atom stereocenters. The smallest absolute Gasteiger partial charge is 0.373 e. The van der Waals surface area contributed by atoms with Crippen molar-refractivity contribution in [1.82, 2.24) is 0 Å². The summed E-state index contributed by atoms with van der Waals surface area (Å²) in [7, 11) is 1.29. The maximum absolute atomic E-state index is 11.6. The number of ether oxygens (including phenoxy) is 2. The van der Waals surface area contributed by atoms with E-state index in [0.717, 1.165) is 17.4 Å². The quantitative estimate of drug-likeness (QED) is 0.528. The van der Waals surface area contributed by atoms with E-state index in [-0.39, 0.29) is 18.0 Å². The highest BCUT2D eigenvalue weighted by atomic mass is 16.5. The number of methoxy groups -OCH3 is 1. The first-order valence-corrected chi connectivity index (χ1v) is 7.47. The second-order valence-corrected chi connectivity index (χ2v) is 5.15. The number of benzene rings is 1. The van der Waals surface area contributed by atoms with Gasteiger partial charge in [-0.2, -0.15) is 0 Å². The predicted octanol–water partition coefficient (Wildman–Crippen LogP) is 3.31. The molecule has 3 aromatic rings. The molecule has 0 aliphatic carbocycles. The fraction of sp³-hybridized carbons (Fsp3) is 0.222. The van der Waals surface area contributed by atoms with E-state index in [1.165, 1.54) is 19.2 Å². The summed E-state index contributed by atoms with van der Waals surface area (Å²) in [5.41, 5.74) is 1.03. The first-order valence-electron chi connectivity index (χ1n) is 7.47. The molecule has 6 nitrogen and oxygen atoms in total. The largest absolute Gasteiger partial charge is 0.486 e. The summed E-state index contributed by atoms with van der Waals surface area (Å²) in [5, 5.41) is 0.885. The molecule has 0 radical (unpaired) electrons. The molecule has 0 fully saturated rings. The Bertz CT molecular complexity index is 934. The Hall–Kier alpha value is -3.02. The van der Waals surface area contributed by atoms with Gasteiger partial charge in [-0.15, -0.1) is 0 Å². The number of hydrogen-bond donors (Lipinski definition) is 0. The summed E-state index contributed by atoms with van der Waals surface area (Å²) in [6.07, 6.45) is 0.741. The molecule has 2 aromatic heterocycles. The molecular weight excluding hydrogens is 312 g/mol. The molecule has 0 unspecified atom stereocenters. The molecule has 0 amide bonds. The molecule has 124 valence electrons.